The Hall–Kier alpha value is -3.20. The number of anilines is 1. The fourth-order valence-electron chi connectivity index (χ4n) is 4.73. The van der Waals surface area contributed by atoms with Gasteiger partial charge in [-0.25, -0.2) is 0 Å². The van der Waals surface area contributed by atoms with Crippen molar-refractivity contribution in [3.63, 3.8) is 0 Å². The zero-order valence-corrected chi connectivity index (χ0v) is 17.3. The van der Waals surface area contributed by atoms with Crippen molar-refractivity contribution in [2.45, 2.75) is 25.3 Å². The minimum absolute atomic E-state index is 0.280. The molecular weight excluding hydrogens is 370 g/mol. The van der Waals surface area contributed by atoms with Crippen LogP contribution in [0.3, 0.4) is 0 Å². The highest BCUT2D eigenvalue weighted by Gasteiger charge is 2.38. The van der Waals surface area contributed by atoms with E-state index in [4.69, 9.17) is 9.47 Å². The highest BCUT2D eigenvalue weighted by Crippen LogP contribution is 2.52. The molecular formula is C27H27NO2. The zero-order chi connectivity index (χ0) is 20.3. The number of allylic oxidation sites excluding steroid dienone is 2. The number of nitrogens with one attached hydrogen (secondary N) is 1. The molecule has 0 radical (unpaired) electrons. The van der Waals surface area contributed by atoms with Gasteiger partial charge in [0.15, 0.2) is 0 Å². The number of ether oxygens (including phenoxy) is 2. The summed E-state index contributed by atoms with van der Waals surface area (Å²) in [6.07, 6.45) is 5.80. The minimum Gasteiger partial charge on any atom is -0.490 e. The topological polar surface area (TPSA) is 30.5 Å². The molecule has 3 atom stereocenters. The maximum atomic E-state index is 6.17. The van der Waals surface area contributed by atoms with E-state index >= 15 is 0 Å². The minimum atomic E-state index is 0.280. The van der Waals surface area contributed by atoms with Gasteiger partial charge in [-0.2, -0.15) is 0 Å². The molecule has 0 aromatic heterocycles. The lowest BCUT2D eigenvalue weighted by atomic mass is 9.76. The number of rotatable bonds is 6. The third-order valence-electron chi connectivity index (χ3n) is 6.11. The lowest BCUT2D eigenvalue weighted by molar-refractivity contribution is 0.217. The van der Waals surface area contributed by atoms with Crippen LogP contribution in [-0.4, -0.2) is 13.2 Å². The summed E-state index contributed by atoms with van der Waals surface area (Å²) >= 11 is 0. The van der Waals surface area contributed by atoms with Gasteiger partial charge in [-0.1, -0.05) is 72.3 Å². The number of para-hydroxylation sites is 2. The quantitative estimate of drug-likeness (QED) is 0.392. The molecule has 3 heteroatoms. The summed E-state index contributed by atoms with van der Waals surface area (Å²) in [5, 5.41) is 3.83. The lowest BCUT2D eigenvalue weighted by Crippen LogP contribution is -2.29. The van der Waals surface area contributed by atoms with E-state index in [2.05, 4.69) is 66.9 Å². The second-order valence-electron chi connectivity index (χ2n) is 8.12. The first-order valence-electron chi connectivity index (χ1n) is 10.7. The Labute approximate surface area is 178 Å². The molecule has 1 heterocycles. The van der Waals surface area contributed by atoms with Crippen molar-refractivity contribution >= 4 is 5.69 Å². The molecule has 2 aliphatic rings. The maximum Gasteiger partial charge on any atom is 0.142 e. The molecule has 0 spiro atoms. The first-order chi connectivity index (χ1) is 14.8. The van der Waals surface area contributed by atoms with E-state index in [1.807, 2.05) is 30.3 Å². The molecule has 1 aliphatic heterocycles. The molecule has 0 saturated carbocycles. The molecule has 3 aromatic rings. The summed E-state index contributed by atoms with van der Waals surface area (Å²) in [5.41, 5.74) is 5.10. The maximum absolute atomic E-state index is 6.17. The highest BCUT2D eigenvalue weighted by molar-refractivity contribution is 5.67. The third kappa shape index (κ3) is 3.68. The van der Waals surface area contributed by atoms with Crippen molar-refractivity contribution < 1.29 is 9.47 Å². The smallest absolute Gasteiger partial charge is 0.142 e. The molecule has 0 bridgehead atoms. The number of fused-ring (bicyclic) bond motifs is 3. The van der Waals surface area contributed by atoms with Gasteiger partial charge in [0.1, 0.15) is 24.7 Å². The van der Waals surface area contributed by atoms with Crippen LogP contribution in [0.2, 0.25) is 0 Å². The number of hydrogen-bond acceptors (Lipinski definition) is 3. The van der Waals surface area contributed by atoms with Gasteiger partial charge in [0.25, 0.3) is 0 Å². The molecule has 30 heavy (non-hydrogen) atoms. The van der Waals surface area contributed by atoms with Gasteiger partial charge >= 0.3 is 0 Å². The van der Waals surface area contributed by atoms with E-state index in [1.165, 1.54) is 16.7 Å². The Morgan fingerprint density at radius 3 is 2.60 bits per heavy atom. The van der Waals surface area contributed by atoms with Crippen LogP contribution in [0.1, 0.15) is 35.1 Å². The molecule has 1 N–H and O–H groups in total. The summed E-state index contributed by atoms with van der Waals surface area (Å²) < 4.78 is 12.0. The third-order valence-corrected chi connectivity index (χ3v) is 6.11. The Kier molecular flexibility index (Phi) is 5.18. The van der Waals surface area contributed by atoms with Crippen molar-refractivity contribution in [1.29, 1.82) is 0 Å². The van der Waals surface area contributed by atoms with Crippen LogP contribution < -0.4 is 14.8 Å². The van der Waals surface area contributed by atoms with Crippen LogP contribution in [0.25, 0.3) is 0 Å². The van der Waals surface area contributed by atoms with Gasteiger partial charge in [0.2, 0.25) is 0 Å². The summed E-state index contributed by atoms with van der Waals surface area (Å²) in [6.45, 7) is 3.18. The predicted molar refractivity (Wildman–Crippen MR) is 121 cm³/mol. The molecule has 5 rings (SSSR count). The van der Waals surface area contributed by atoms with Gasteiger partial charge in [-0.05, 0) is 48.6 Å². The normalized spacial score (nSPS) is 21.4. The summed E-state index contributed by atoms with van der Waals surface area (Å²) in [6, 6.07) is 25.4. The average molecular weight is 398 g/mol. The lowest BCUT2D eigenvalue weighted by Gasteiger charge is -2.38. The molecule has 3 aromatic carbocycles. The Balaban J connectivity index is 1.36. The fraction of sp³-hybridized carbons (Fsp3) is 0.259. The van der Waals surface area contributed by atoms with Crippen LogP contribution in [-0.2, 0) is 0 Å². The van der Waals surface area contributed by atoms with E-state index in [-0.39, 0.29) is 6.04 Å². The molecule has 3 nitrogen and oxygen atoms in total. The molecule has 0 fully saturated rings. The molecule has 1 aliphatic carbocycles. The van der Waals surface area contributed by atoms with Crippen molar-refractivity contribution in [1.82, 2.24) is 0 Å². The van der Waals surface area contributed by atoms with E-state index in [1.54, 1.807) is 0 Å². The number of aryl methyl sites for hydroxylation is 1. The molecule has 0 saturated heterocycles. The van der Waals surface area contributed by atoms with Gasteiger partial charge < -0.3 is 14.8 Å². The van der Waals surface area contributed by atoms with E-state index in [0.29, 0.717) is 25.0 Å². The first-order valence-corrected chi connectivity index (χ1v) is 10.7. The Morgan fingerprint density at radius 1 is 0.900 bits per heavy atom. The van der Waals surface area contributed by atoms with Crippen molar-refractivity contribution in [3.05, 3.63) is 102 Å². The average Bonchev–Trinajstić information content (AvgIpc) is 3.27. The standard InChI is InChI=1S/C27H27NO2/c1-19-8-5-9-20(18-19)26-23-13-6-12-22(23)24-14-7-15-25(27(24)28-26)30-17-16-29-21-10-3-2-4-11-21/h2-12,14-15,18,22-23,26,28H,13,16-17H2,1H3. The van der Waals surface area contributed by atoms with Crippen LogP contribution in [0.15, 0.2) is 84.9 Å². The van der Waals surface area contributed by atoms with Gasteiger partial charge in [0, 0.05) is 5.92 Å². The fourth-order valence-corrected chi connectivity index (χ4v) is 4.73. The van der Waals surface area contributed by atoms with E-state index < -0.39 is 0 Å². The monoisotopic (exact) mass is 397 g/mol. The van der Waals surface area contributed by atoms with Crippen LogP contribution >= 0.6 is 0 Å². The summed E-state index contributed by atoms with van der Waals surface area (Å²) in [4.78, 5) is 0. The number of hydrogen-bond donors (Lipinski definition) is 1. The molecule has 0 amide bonds. The van der Waals surface area contributed by atoms with Gasteiger partial charge in [0.05, 0.1) is 11.7 Å². The SMILES string of the molecule is Cc1cccc(C2Nc3c(OCCOc4ccccc4)cccc3C3C=CCC32)c1. The number of benzene rings is 3. The van der Waals surface area contributed by atoms with Crippen LogP contribution in [0, 0.1) is 12.8 Å². The largest absolute Gasteiger partial charge is 0.490 e. The summed E-state index contributed by atoms with van der Waals surface area (Å²) in [5.74, 6) is 2.74. The van der Waals surface area contributed by atoms with Crippen molar-refractivity contribution in [2.24, 2.45) is 5.92 Å². The van der Waals surface area contributed by atoms with Crippen molar-refractivity contribution in [3.8, 4) is 11.5 Å². The predicted octanol–water partition coefficient (Wildman–Crippen LogP) is 6.28. The van der Waals surface area contributed by atoms with Crippen LogP contribution in [0.5, 0.6) is 11.5 Å². The first kappa shape index (κ1) is 18.8. The second kappa shape index (κ2) is 8.27. The summed E-state index contributed by atoms with van der Waals surface area (Å²) in [7, 11) is 0. The van der Waals surface area contributed by atoms with Gasteiger partial charge in [-0.3, -0.25) is 0 Å². The molecule has 3 unspecified atom stereocenters. The van der Waals surface area contributed by atoms with Crippen molar-refractivity contribution in [2.75, 3.05) is 18.5 Å². The Bertz CT molecular complexity index is 1040. The van der Waals surface area contributed by atoms with E-state index in [0.717, 1.165) is 23.6 Å². The van der Waals surface area contributed by atoms with E-state index in [9.17, 15) is 0 Å². The molecule has 152 valence electrons. The van der Waals surface area contributed by atoms with Crippen LogP contribution in [0.4, 0.5) is 5.69 Å². The Morgan fingerprint density at radius 2 is 1.73 bits per heavy atom. The highest BCUT2D eigenvalue weighted by atomic mass is 16.5. The second-order valence-corrected chi connectivity index (χ2v) is 8.12. The van der Waals surface area contributed by atoms with Gasteiger partial charge in [-0.15, -0.1) is 0 Å². The zero-order valence-electron chi connectivity index (χ0n) is 17.3.